The average Bonchev–Trinajstić information content (AvgIpc) is 2.63. The first kappa shape index (κ1) is 19.7. The van der Waals surface area contributed by atoms with Gasteiger partial charge in [-0.2, -0.15) is 0 Å². The first-order valence-electron chi connectivity index (χ1n) is 8.59. The zero-order chi connectivity index (χ0) is 19.6. The summed E-state index contributed by atoms with van der Waals surface area (Å²) in [5.74, 6) is -1.42. The lowest BCUT2D eigenvalue weighted by atomic mass is 9.91. The van der Waals surface area contributed by atoms with Gasteiger partial charge in [0, 0.05) is 16.6 Å². The molecule has 1 amide bonds. The minimum absolute atomic E-state index is 0.335. The number of hydrogen-bond acceptors (Lipinski definition) is 3. The molecule has 0 spiro atoms. The summed E-state index contributed by atoms with van der Waals surface area (Å²) in [6.07, 6.45) is -1.98. The lowest BCUT2D eigenvalue weighted by molar-refractivity contribution is -0.178. The molecule has 2 aromatic carbocycles. The second-order valence-corrected chi connectivity index (χ2v) is 7.19. The van der Waals surface area contributed by atoms with Crippen LogP contribution in [0.15, 0.2) is 48.5 Å². The van der Waals surface area contributed by atoms with E-state index in [0.717, 1.165) is 11.1 Å². The van der Waals surface area contributed by atoms with Crippen molar-refractivity contribution in [3.63, 3.8) is 0 Å². The van der Waals surface area contributed by atoms with E-state index in [2.05, 4.69) is 0 Å². The first-order chi connectivity index (χ1) is 12.9. The van der Waals surface area contributed by atoms with Crippen molar-refractivity contribution < 1.29 is 19.4 Å². The largest absolute Gasteiger partial charge is 0.481 e. The Labute approximate surface area is 167 Å². The molecule has 0 aliphatic carbocycles. The Hall–Kier alpha value is -2.08. The molecule has 2 aromatic rings. The van der Waals surface area contributed by atoms with Crippen molar-refractivity contribution in [3.05, 3.63) is 69.7 Å². The summed E-state index contributed by atoms with van der Waals surface area (Å²) in [6.45, 7) is 2.28. The van der Waals surface area contributed by atoms with Crippen molar-refractivity contribution >= 4 is 35.1 Å². The molecule has 0 bridgehead atoms. The van der Waals surface area contributed by atoms with E-state index >= 15 is 0 Å². The van der Waals surface area contributed by atoms with Crippen molar-refractivity contribution in [1.29, 1.82) is 0 Å². The maximum atomic E-state index is 12.9. The van der Waals surface area contributed by atoms with Gasteiger partial charge in [-0.05, 0) is 42.3 Å². The minimum atomic E-state index is -1.08. The van der Waals surface area contributed by atoms with Gasteiger partial charge in [-0.15, -0.1) is 0 Å². The monoisotopic (exact) mass is 407 g/mol. The Morgan fingerprint density at radius 3 is 2.41 bits per heavy atom. The highest BCUT2D eigenvalue weighted by atomic mass is 35.5. The third kappa shape index (κ3) is 4.26. The number of amides is 1. The molecule has 1 fully saturated rings. The molecule has 1 saturated heterocycles. The number of nitrogens with zero attached hydrogens (tertiary/aromatic N) is 1. The van der Waals surface area contributed by atoms with Gasteiger partial charge < -0.3 is 14.7 Å². The first-order valence-corrected chi connectivity index (χ1v) is 9.35. The number of morpholine rings is 1. The number of rotatable bonds is 5. The summed E-state index contributed by atoms with van der Waals surface area (Å²) < 4.78 is 6.02. The van der Waals surface area contributed by atoms with E-state index in [4.69, 9.17) is 27.9 Å². The van der Waals surface area contributed by atoms with Crippen LogP contribution in [0.1, 0.15) is 36.6 Å². The van der Waals surface area contributed by atoms with Crippen LogP contribution in [0.5, 0.6) is 0 Å². The van der Waals surface area contributed by atoms with Gasteiger partial charge in [0.1, 0.15) is 12.2 Å². The highest BCUT2D eigenvalue weighted by Crippen LogP contribution is 2.43. The molecule has 142 valence electrons. The van der Waals surface area contributed by atoms with Gasteiger partial charge in [-0.25, -0.2) is 0 Å². The Bertz CT molecular complexity index is 840. The molecule has 5 nitrogen and oxygen atoms in total. The number of ether oxygens (including phenoxy) is 1. The summed E-state index contributed by atoms with van der Waals surface area (Å²) in [6, 6.07) is 14.0. The zero-order valence-electron chi connectivity index (χ0n) is 14.6. The number of likely N-dealkylation sites (N-methyl/N-ethyl adjacent to an activating group) is 1. The van der Waals surface area contributed by atoms with Crippen LogP contribution in [0.3, 0.4) is 0 Å². The van der Waals surface area contributed by atoms with Gasteiger partial charge in [-0.1, -0.05) is 47.5 Å². The van der Waals surface area contributed by atoms with Gasteiger partial charge in [-0.3, -0.25) is 9.59 Å². The minimum Gasteiger partial charge on any atom is -0.481 e. The molecule has 1 aliphatic heterocycles. The van der Waals surface area contributed by atoms with Gasteiger partial charge in [0.2, 0.25) is 0 Å². The third-order valence-electron chi connectivity index (χ3n) is 4.58. The number of halogens is 2. The molecule has 1 heterocycles. The predicted molar refractivity (Wildman–Crippen MR) is 103 cm³/mol. The fraction of sp³-hybridized carbons (Fsp3) is 0.300. The van der Waals surface area contributed by atoms with Gasteiger partial charge >= 0.3 is 5.97 Å². The van der Waals surface area contributed by atoms with Crippen LogP contribution in [-0.4, -0.2) is 34.5 Å². The SMILES string of the molecule is CCN1C(=O)[C@H](CC(=O)O)O[C@H](c2cccc(Cl)c2)[C@H]1c1ccc(Cl)cc1. The third-order valence-corrected chi connectivity index (χ3v) is 5.07. The van der Waals surface area contributed by atoms with Crippen molar-refractivity contribution in [1.82, 2.24) is 4.90 Å². The summed E-state index contributed by atoms with van der Waals surface area (Å²) in [4.78, 5) is 25.7. The fourth-order valence-electron chi connectivity index (χ4n) is 3.40. The maximum Gasteiger partial charge on any atom is 0.306 e. The normalized spacial score (nSPS) is 22.7. The lowest BCUT2D eigenvalue weighted by Crippen LogP contribution is -2.51. The number of carbonyl (C=O) groups excluding carboxylic acids is 1. The van der Waals surface area contributed by atoms with E-state index in [9.17, 15) is 14.7 Å². The van der Waals surface area contributed by atoms with E-state index in [1.54, 1.807) is 35.2 Å². The number of benzene rings is 2. The highest BCUT2D eigenvalue weighted by Gasteiger charge is 2.44. The van der Waals surface area contributed by atoms with Gasteiger partial charge in [0.25, 0.3) is 5.91 Å². The van der Waals surface area contributed by atoms with Crippen LogP contribution < -0.4 is 0 Å². The van der Waals surface area contributed by atoms with Crippen LogP contribution in [0.25, 0.3) is 0 Å². The molecule has 0 radical (unpaired) electrons. The maximum absolute atomic E-state index is 12.9. The smallest absolute Gasteiger partial charge is 0.306 e. The molecule has 1 N–H and O–H groups in total. The standard InChI is InChI=1S/C20H19Cl2NO4/c1-2-23-18(12-6-8-14(21)9-7-12)19(13-4-3-5-15(22)10-13)27-16(20(23)26)11-17(24)25/h3-10,16,18-19H,2,11H2,1H3,(H,24,25)/t16-,18+,19+/m0/s1. The van der Waals surface area contributed by atoms with Crippen LogP contribution in [0, 0.1) is 0 Å². The van der Waals surface area contributed by atoms with E-state index in [0.29, 0.717) is 16.6 Å². The zero-order valence-corrected chi connectivity index (χ0v) is 16.2. The lowest BCUT2D eigenvalue weighted by Gasteiger charge is -2.44. The molecule has 27 heavy (non-hydrogen) atoms. The van der Waals surface area contributed by atoms with E-state index in [1.165, 1.54) is 0 Å². The van der Waals surface area contributed by atoms with Crippen molar-refractivity contribution in [2.24, 2.45) is 0 Å². The quantitative estimate of drug-likeness (QED) is 0.791. The van der Waals surface area contributed by atoms with E-state index in [1.807, 2.05) is 25.1 Å². The van der Waals surface area contributed by atoms with Gasteiger partial charge in [0.15, 0.2) is 0 Å². The number of carbonyl (C=O) groups is 2. The van der Waals surface area contributed by atoms with Crippen LogP contribution in [-0.2, 0) is 14.3 Å². The molecule has 3 atom stereocenters. The number of aliphatic carboxylic acids is 1. The number of carboxylic acids is 1. The Morgan fingerprint density at radius 1 is 1.11 bits per heavy atom. The molecule has 0 unspecified atom stereocenters. The van der Waals surface area contributed by atoms with Gasteiger partial charge in [0.05, 0.1) is 12.5 Å². The molecular formula is C20H19Cl2NO4. The Morgan fingerprint density at radius 2 is 1.81 bits per heavy atom. The summed E-state index contributed by atoms with van der Waals surface area (Å²) in [5, 5.41) is 10.3. The van der Waals surface area contributed by atoms with Crippen LogP contribution in [0.2, 0.25) is 10.0 Å². The van der Waals surface area contributed by atoms with Crippen molar-refractivity contribution in [2.75, 3.05) is 6.54 Å². The highest BCUT2D eigenvalue weighted by molar-refractivity contribution is 6.30. The van der Waals surface area contributed by atoms with Crippen molar-refractivity contribution in [2.45, 2.75) is 31.6 Å². The average molecular weight is 408 g/mol. The summed E-state index contributed by atoms with van der Waals surface area (Å²) in [5.41, 5.74) is 1.64. The predicted octanol–water partition coefficient (Wildman–Crippen LogP) is 4.50. The molecule has 1 aliphatic rings. The Kier molecular flexibility index (Phi) is 6.05. The topological polar surface area (TPSA) is 66.8 Å². The van der Waals surface area contributed by atoms with E-state index < -0.39 is 24.2 Å². The second-order valence-electron chi connectivity index (χ2n) is 6.32. The summed E-state index contributed by atoms with van der Waals surface area (Å²) in [7, 11) is 0. The Balaban J connectivity index is 2.08. The second kappa shape index (κ2) is 8.30. The number of hydrogen-bond donors (Lipinski definition) is 1. The molecule has 0 saturated carbocycles. The molecule has 3 rings (SSSR count). The fourth-order valence-corrected chi connectivity index (χ4v) is 3.73. The van der Waals surface area contributed by atoms with Crippen LogP contribution >= 0.6 is 23.2 Å². The molecular weight excluding hydrogens is 389 g/mol. The molecule has 7 heteroatoms. The van der Waals surface area contributed by atoms with E-state index in [-0.39, 0.29) is 12.3 Å². The van der Waals surface area contributed by atoms with Crippen molar-refractivity contribution in [3.8, 4) is 0 Å². The number of carboxylic acid groups (broad SMARTS) is 1. The van der Waals surface area contributed by atoms with Crippen LogP contribution in [0.4, 0.5) is 0 Å². The summed E-state index contributed by atoms with van der Waals surface area (Å²) >= 11 is 12.2. The molecule has 0 aromatic heterocycles.